The van der Waals surface area contributed by atoms with Crippen molar-refractivity contribution < 1.29 is 29.3 Å². The lowest BCUT2D eigenvalue weighted by Gasteiger charge is -2.25. The quantitative estimate of drug-likeness (QED) is 0.0821. The fourth-order valence-corrected chi connectivity index (χ4v) is 5.53. The second-order valence-corrected chi connectivity index (χ2v) is 12.8. The van der Waals surface area contributed by atoms with Gasteiger partial charge in [-0.05, 0) is 93.4 Å². The van der Waals surface area contributed by atoms with Crippen molar-refractivity contribution in [1.29, 1.82) is 0 Å². The maximum atomic E-state index is 12.0. The Bertz CT molecular complexity index is 1710. The van der Waals surface area contributed by atoms with Crippen LogP contribution < -0.4 is 5.32 Å². The summed E-state index contributed by atoms with van der Waals surface area (Å²) in [6.07, 6.45) is 16.9. The van der Waals surface area contributed by atoms with E-state index in [4.69, 9.17) is 11.5 Å². The van der Waals surface area contributed by atoms with Crippen molar-refractivity contribution in [1.82, 2.24) is 15.3 Å². The highest BCUT2D eigenvalue weighted by Gasteiger charge is 2.28. The summed E-state index contributed by atoms with van der Waals surface area (Å²) in [5.41, 5.74) is 5.38. The highest BCUT2D eigenvalue weighted by Crippen LogP contribution is 2.32. The molecule has 1 aliphatic carbocycles. The van der Waals surface area contributed by atoms with Gasteiger partial charge >= 0.3 is 6.09 Å². The van der Waals surface area contributed by atoms with Gasteiger partial charge in [0.15, 0.2) is 5.78 Å². The molecule has 0 fully saturated rings. The Morgan fingerprint density at radius 2 is 1.98 bits per heavy atom. The van der Waals surface area contributed by atoms with Gasteiger partial charge in [0.2, 0.25) is 0 Å². The van der Waals surface area contributed by atoms with Crippen LogP contribution in [0.4, 0.5) is 4.79 Å². The molecule has 1 aliphatic rings. The SMILES string of the molecule is C#C/C=C\C#CC.COC(=O)NC1=C(C)/C(=C\CSSC)C(C)CC1=O.Cc1nccc2c1[nH]c1ccc(O)cc12.O=CCCCCO. The number of terminal acetylenes is 1. The molecule has 0 aliphatic heterocycles. The van der Waals surface area contributed by atoms with Crippen LogP contribution in [0.3, 0.4) is 0 Å². The van der Waals surface area contributed by atoms with Crippen LogP contribution in [0.1, 0.15) is 52.1 Å². The van der Waals surface area contributed by atoms with Gasteiger partial charge in [0.25, 0.3) is 0 Å². The van der Waals surface area contributed by atoms with Crippen LogP contribution in [0.5, 0.6) is 5.75 Å². The zero-order chi connectivity index (χ0) is 35.9. The van der Waals surface area contributed by atoms with E-state index in [1.165, 1.54) is 7.11 Å². The molecule has 1 atom stereocenters. The van der Waals surface area contributed by atoms with Gasteiger partial charge in [-0.25, -0.2) is 4.79 Å². The molecule has 4 N–H and O–H groups in total. The van der Waals surface area contributed by atoms with E-state index in [0.717, 1.165) is 63.5 Å². The van der Waals surface area contributed by atoms with Gasteiger partial charge in [-0.1, -0.05) is 46.4 Å². The van der Waals surface area contributed by atoms with E-state index in [9.17, 15) is 19.5 Å². The van der Waals surface area contributed by atoms with E-state index in [2.05, 4.69) is 43.9 Å². The number of ether oxygens (including phenoxy) is 1. The van der Waals surface area contributed by atoms with Crippen molar-refractivity contribution >= 4 is 61.6 Å². The molecule has 2 heterocycles. The van der Waals surface area contributed by atoms with Gasteiger partial charge < -0.3 is 24.7 Å². The molecule has 3 aromatic rings. The lowest BCUT2D eigenvalue weighted by Crippen LogP contribution is -2.32. The van der Waals surface area contributed by atoms with E-state index < -0.39 is 6.09 Å². The predicted molar refractivity (Wildman–Crippen MR) is 200 cm³/mol. The van der Waals surface area contributed by atoms with E-state index in [1.807, 2.05) is 39.2 Å². The minimum absolute atomic E-state index is 0.0370. The Labute approximate surface area is 291 Å². The normalized spacial score (nSPS) is 14.4. The number of alkyl carbamates (subject to hydrolysis) is 1. The molecular weight excluding hydrogens is 647 g/mol. The van der Waals surface area contributed by atoms with Crippen molar-refractivity contribution in [2.75, 3.05) is 25.7 Å². The van der Waals surface area contributed by atoms with Gasteiger partial charge in [0.05, 0.1) is 24.0 Å². The number of nitrogens with zero attached hydrogens (tertiary/aromatic N) is 1. The number of hydrogen-bond acceptors (Lipinski definition) is 9. The summed E-state index contributed by atoms with van der Waals surface area (Å²) in [4.78, 5) is 40.4. The summed E-state index contributed by atoms with van der Waals surface area (Å²) >= 11 is 0. The number of pyridine rings is 1. The van der Waals surface area contributed by atoms with Crippen molar-refractivity contribution in [2.45, 2.75) is 53.4 Å². The van der Waals surface area contributed by atoms with E-state index in [-0.39, 0.29) is 24.1 Å². The molecular formula is C37H45N3O6S2. The van der Waals surface area contributed by atoms with Gasteiger partial charge in [0.1, 0.15) is 12.0 Å². The molecule has 0 bridgehead atoms. The number of benzene rings is 1. The molecule has 1 amide bonds. The van der Waals surface area contributed by atoms with Crippen molar-refractivity contribution in [3.8, 4) is 29.9 Å². The number of phenolic OH excluding ortho intramolecular Hbond substituents is 1. The van der Waals surface area contributed by atoms with Gasteiger partial charge in [-0.2, -0.15) is 0 Å². The number of rotatable bonds is 8. The zero-order valence-electron chi connectivity index (χ0n) is 28.4. The summed E-state index contributed by atoms with van der Waals surface area (Å²) < 4.78 is 4.55. The number of H-pyrrole nitrogens is 1. The molecule has 1 aromatic carbocycles. The average molecular weight is 692 g/mol. The van der Waals surface area contributed by atoms with Crippen LogP contribution in [-0.2, 0) is 14.3 Å². The number of ketones is 1. The first-order chi connectivity index (χ1) is 23.1. The number of aliphatic hydroxyl groups is 1. The fraction of sp³-hybridized carbons (Fsp3) is 0.351. The monoisotopic (exact) mass is 691 g/mol. The smallest absolute Gasteiger partial charge is 0.411 e. The van der Waals surface area contributed by atoms with Gasteiger partial charge in [-0.15, -0.1) is 12.3 Å². The third kappa shape index (κ3) is 14.1. The third-order valence-corrected chi connectivity index (χ3v) is 8.50. The molecule has 2 aromatic heterocycles. The Kier molecular flexibility index (Phi) is 20.7. The Morgan fingerprint density at radius 3 is 2.60 bits per heavy atom. The number of Topliss-reactive ketones (excluding diaryl/α,β-unsaturated/α-hetero) is 1. The third-order valence-electron chi connectivity index (χ3n) is 6.84. The molecule has 0 radical (unpaired) electrons. The number of carbonyl (C=O) groups is 3. The number of allylic oxidation sites excluding steroid dienone is 5. The van der Waals surface area contributed by atoms with Crippen LogP contribution in [0.2, 0.25) is 0 Å². The first-order valence-corrected chi connectivity index (χ1v) is 17.9. The highest BCUT2D eigenvalue weighted by molar-refractivity contribution is 8.76. The first kappa shape index (κ1) is 41.6. The minimum atomic E-state index is -0.602. The van der Waals surface area contributed by atoms with Gasteiger partial charge in [0, 0.05) is 47.7 Å². The number of amides is 1. The molecule has 256 valence electrons. The van der Waals surface area contributed by atoms with E-state index in [1.54, 1.807) is 59.0 Å². The lowest BCUT2D eigenvalue weighted by atomic mass is 9.83. The largest absolute Gasteiger partial charge is 0.508 e. The number of aryl methyl sites for hydroxylation is 1. The first-order valence-electron chi connectivity index (χ1n) is 15.2. The second kappa shape index (κ2) is 23.8. The molecule has 0 saturated carbocycles. The maximum Gasteiger partial charge on any atom is 0.411 e. The van der Waals surface area contributed by atoms with Crippen molar-refractivity contribution in [3.63, 3.8) is 0 Å². The van der Waals surface area contributed by atoms with E-state index >= 15 is 0 Å². The number of phenols is 1. The topological polar surface area (TPSA) is 142 Å². The van der Waals surface area contributed by atoms with Crippen LogP contribution in [-0.4, -0.2) is 64.1 Å². The molecule has 11 heteroatoms. The molecule has 9 nitrogen and oxygen atoms in total. The number of aromatic hydroxyl groups is 1. The van der Waals surface area contributed by atoms with Crippen LogP contribution >= 0.6 is 21.6 Å². The summed E-state index contributed by atoms with van der Waals surface area (Å²) in [6, 6.07) is 7.29. The summed E-state index contributed by atoms with van der Waals surface area (Å²) in [5, 5.41) is 22.3. The number of aromatic amines is 1. The number of aromatic nitrogens is 2. The number of aldehydes is 1. The minimum Gasteiger partial charge on any atom is -0.508 e. The number of nitrogens with one attached hydrogen (secondary N) is 2. The molecule has 1 unspecified atom stereocenters. The molecule has 4 rings (SSSR count). The zero-order valence-corrected chi connectivity index (χ0v) is 30.0. The Morgan fingerprint density at radius 1 is 1.23 bits per heavy atom. The number of fused-ring (bicyclic) bond motifs is 3. The lowest BCUT2D eigenvalue weighted by molar-refractivity contribution is -0.116. The number of hydrogen-bond donors (Lipinski definition) is 4. The Hall–Kier alpha value is -4.42. The number of unbranched alkanes of at least 4 members (excludes halogenated alkanes) is 2. The highest BCUT2D eigenvalue weighted by atomic mass is 33.1. The van der Waals surface area contributed by atoms with Crippen LogP contribution in [0, 0.1) is 37.0 Å². The van der Waals surface area contributed by atoms with Gasteiger partial charge in [-0.3, -0.25) is 15.1 Å². The second-order valence-electron chi connectivity index (χ2n) is 10.2. The summed E-state index contributed by atoms with van der Waals surface area (Å²) in [5.74, 6) is 9.00. The van der Waals surface area contributed by atoms with E-state index in [0.29, 0.717) is 18.5 Å². The Balaban J connectivity index is 0.000000351. The standard InChI is InChI=1S/C13H19NO3S2.C12H10N2O.C7H6.C5H10O2/c1-8-7-11(15)12(14-13(16)17-3)9(2)10(8)5-6-19-18-4;1-7-12-9(4-5-13-7)10-6-8(15)2-3-11(10)14-12;1-3-5-7-6-4-2;6-4-2-1-3-5-7/h5,8H,6-7H2,1-4H3,(H,14,16);2-6,14-15H,1H3;1,5,7H,2H3;4,7H,1-3,5H2/b10-5-;;7-5-;. The van der Waals surface area contributed by atoms with Crippen molar-refractivity contribution in [2.24, 2.45) is 5.92 Å². The van der Waals surface area contributed by atoms with Crippen molar-refractivity contribution in [3.05, 3.63) is 71.2 Å². The summed E-state index contributed by atoms with van der Waals surface area (Å²) in [7, 11) is 4.74. The summed E-state index contributed by atoms with van der Waals surface area (Å²) in [6.45, 7) is 7.84. The number of carbonyl (C=O) groups excluding carboxylic acids is 3. The fourth-order valence-electron chi connectivity index (χ4n) is 4.54. The average Bonchev–Trinajstić information content (AvgIpc) is 3.45. The maximum absolute atomic E-state index is 12.0. The number of methoxy groups -OCH3 is 1. The number of aliphatic hydroxyl groups excluding tert-OH is 1. The molecule has 0 spiro atoms. The predicted octanol–water partition coefficient (Wildman–Crippen LogP) is 7.44. The van der Waals surface area contributed by atoms with Crippen LogP contribution in [0.25, 0.3) is 21.8 Å². The molecule has 48 heavy (non-hydrogen) atoms. The van der Waals surface area contributed by atoms with Crippen LogP contribution in [0.15, 0.2) is 65.5 Å². The molecule has 0 saturated heterocycles.